The predicted octanol–water partition coefficient (Wildman–Crippen LogP) is 4.89. The van der Waals surface area contributed by atoms with Gasteiger partial charge in [-0.2, -0.15) is 5.26 Å². The van der Waals surface area contributed by atoms with Crippen molar-refractivity contribution < 1.29 is 9.47 Å². The molecular formula is C20H16N2O2S. The van der Waals surface area contributed by atoms with Gasteiger partial charge in [-0.15, -0.1) is 11.3 Å². The van der Waals surface area contributed by atoms with Gasteiger partial charge < -0.3 is 9.47 Å². The lowest BCUT2D eigenvalue weighted by atomic mass is 10.1. The lowest BCUT2D eigenvalue weighted by Crippen LogP contribution is -1.91. The molecule has 1 aromatic heterocycles. The Morgan fingerprint density at radius 2 is 1.84 bits per heavy atom. The summed E-state index contributed by atoms with van der Waals surface area (Å²) in [5, 5.41) is 12.2. The summed E-state index contributed by atoms with van der Waals surface area (Å²) in [6.45, 7) is 0. The number of hydrogen-bond acceptors (Lipinski definition) is 5. The summed E-state index contributed by atoms with van der Waals surface area (Å²) in [6, 6.07) is 17.7. The van der Waals surface area contributed by atoms with Crippen molar-refractivity contribution >= 4 is 23.0 Å². The molecule has 1 heterocycles. The predicted molar refractivity (Wildman–Crippen MR) is 101 cm³/mol. The first kappa shape index (κ1) is 16.7. The molecule has 3 aromatic rings. The van der Waals surface area contributed by atoms with Gasteiger partial charge in [0.2, 0.25) is 0 Å². The molecule has 2 aromatic carbocycles. The largest absolute Gasteiger partial charge is 0.493 e. The zero-order chi connectivity index (χ0) is 17.6. The Balaban J connectivity index is 1.94. The van der Waals surface area contributed by atoms with Gasteiger partial charge in [0.05, 0.1) is 25.5 Å². The molecule has 0 saturated heterocycles. The van der Waals surface area contributed by atoms with Crippen LogP contribution in [0.3, 0.4) is 0 Å². The van der Waals surface area contributed by atoms with Gasteiger partial charge in [0.25, 0.3) is 0 Å². The summed E-state index contributed by atoms with van der Waals surface area (Å²) < 4.78 is 10.5. The number of hydrogen-bond donors (Lipinski definition) is 0. The smallest absolute Gasteiger partial charge is 0.161 e. The molecule has 124 valence electrons. The number of benzene rings is 2. The van der Waals surface area contributed by atoms with Gasteiger partial charge in [-0.3, -0.25) is 0 Å². The van der Waals surface area contributed by atoms with Crippen molar-refractivity contribution in [3.63, 3.8) is 0 Å². The first-order chi connectivity index (χ1) is 12.2. The van der Waals surface area contributed by atoms with Crippen LogP contribution < -0.4 is 9.47 Å². The summed E-state index contributed by atoms with van der Waals surface area (Å²) in [5.41, 5.74) is 3.27. The number of ether oxygens (including phenoxy) is 2. The first-order valence-corrected chi connectivity index (χ1v) is 8.48. The van der Waals surface area contributed by atoms with Crippen molar-refractivity contribution in [1.82, 2.24) is 4.98 Å². The molecule has 0 aliphatic rings. The van der Waals surface area contributed by atoms with Crippen molar-refractivity contribution in [2.75, 3.05) is 14.2 Å². The van der Waals surface area contributed by atoms with Gasteiger partial charge in [0.1, 0.15) is 11.1 Å². The number of rotatable bonds is 5. The normalized spacial score (nSPS) is 11.0. The second-order valence-electron chi connectivity index (χ2n) is 5.19. The minimum atomic E-state index is 0.513. The Kier molecular flexibility index (Phi) is 5.12. The summed E-state index contributed by atoms with van der Waals surface area (Å²) in [6.07, 6.45) is 1.80. The average Bonchev–Trinajstić information content (AvgIpc) is 3.16. The highest BCUT2D eigenvalue weighted by atomic mass is 32.1. The molecule has 0 aliphatic carbocycles. The van der Waals surface area contributed by atoms with Gasteiger partial charge in [0.15, 0.2) is 11.5 Å². The fourth-order valence-corrected chi connectivity index (χ4v) is 3.18. The van der Waals surface area contributed by atoms with Crippen LogP contribution in [-0.2, 0) is 0 Å². The minimum Gasteiger partial charge on any atom is -0.493 e. The lowest BCUT2D eigenvalue weighted by Gasteiger charge is -2.07. The van der Waals surface area contributed by atoms with Crippen molar-refractivity contribution in [2.45, 2.75) is 0 Å². The van der Waals surface area contributed by atoms with Gasteiger partial charge in [0, 0.05) is 10.9 Å². The summed E-state index contributed by atoms with van der Waals surface area (Å²) in [7, 11) is 3.18. The van der Waals surface area contributed by atoms with Gasteiger partial charge in [-0.05, 0) is 23.8 Å². The molecule has 0 aliphatic heterocycles. The van der Waals surface area contributed by atoms with Crippen LogP contribution in [-0.4, -0.2) is 19.2 Å². The number of methoxy groups -OCH3 is 2. The molecule has 0 unspecified atom stereocenters. The van der Waals surface area contributed by atoms with E-state index in [9.17, 15) is 5.26 Å². The molecular weight excluding hydrogens is 332 g/mol. The van der Waals surface area contributed by atoms with Crippen LogP contribution in [0.15, 0.2) is 53.9 Å². The second kappa shape index (κ2) is 7.65. The van der Waals surface area contributed by atoms with E-state index in [1.54, 1.807) is 20.3 Å². The fourth-order valence-electron chi connectivity index (χ4n) is 2.39. The van der Waals surface area contributed by atoms with Crippen molar-refractivity contribution in [1.29, 1.82) is 5.26 Å². The van der Waals surface area contributed by atoms with E-state index >= 15 is 0 Å². The number of aromatic nitrogens is 1. The van der Waals surface area contributed by atoms with E-state index in [1.807, 2.05) is 53.9 Å². The van der Waals surface area contributed by atoms with E-state index in [2.05, 4.69) is 11.1 Å². The molecule has 0 N–H and O–H groups in total. The van der Waals surface area contributed by atoms with E-state index in [-0.39, 0.29) is 0 Å². The molecule has 3 rings (SSSR count). The quantitative estimate of drug-likeness (QED) is 0.616. The molecule has 5 heteroatoms. The minimum absolute atomic E-state index is 0.513. The van der Waals surface area contributed by atoms with Gasteiger partial charge >= 0.3 is 0 Å². The third kappa shape index (κ3) is 3.70. The van der Waals surface area contributed by atoms with E-state index in [0.717, 1.165) is 16.8 Å². The van der Waals surface area contributed by atoms with E-state index in [4.69, 9.17) is 9.47 Å². The van der Waals surface area contributed by atoms with E-state index in [1.165, 1.54) is 11.3 Å². The molecule has 25 heavy (non-hydrogen) atoms. The molecule has 0 fully saturated rings. The molecule has 4 nitrogen and oxygen atoms in total. The van der Waals surface area contributed by atoms with Crippen LogP contribution >= 0.6 is 11.3 Å². The van der Waals surface area contributed by atoms with Crippen LogP contribution in [0.25, 0.3) is 22.9 Å². The zero-order valence-corrected chi connectivity index (χ0v) is 14.7. The van der Waals surface area contributed by atoms with Crippen molar-refractivity contribution in [3.05, 3.63) is 64.5 Å². The Hall–Kier alpha value is -3.10. The maximum Gasteiger partial charge on any atom is 0.161 e. The molecule has 0 amide bonds. The highest BCUT2D eigenvalue weighted by molar-refractivity contribution is 7.11. The standard InChI is InChI=1S/C20H16N2O2S/c1-23-18-9-8-14(11-19(18)24-2)10-16(12-21)20-22-17(13-25-20)15-6-4-3-5-7-15/h3-11,13H,1-2H3. The summed E-state index contributed by atoms with van der Waals surface area (Å²) in [5.74, 6) is 1.27. The molecule has 0 saturated carbocycles. The van der Waals surface area contributed by atoms with Crippen LogP contribution in [0, 0.1) is 11.3 Å². The molecule has 0 atom stereocenters. The highest BCUT2D eigenvalue weighted by Gasteiger charge is 2.10. The summed E-state index contributed by atoms with van der Waals surface area (Å²) >= 11 is 1.46. The van der Waals surface area contributed by atoms with E-state index in [0.29, 0.717) is 22.1 Å². The van der Waals surface area contributed by atoms with Gasteiger partial charge in [-0.1, -0.05) is 36.4 Å². The third-order valence-electron chi connectivity index (χ3n) is 3.64. The Bertz CT molecular complexity index is 940. The molecule has 0 radical (unpaired) electrons. The monoisotopic (exact) mass is 348 g/mol. The Labute approximate surface area is 150 Å². The average molecular weight is 348 g/mol. The highest BCUT2D eigenvalue weighted by Crippen LogP contribution is 2.31. The fraction of sp³-hybridized carbons (Fsp3) is 0.100. The van der Waals surface area contributed by atoms with Crippen LogP contribution in [0.5, 0.6) is 11.5 Å². The summed E-state index contributed by atoms with van der Waals surface area (Å²) in [4.78, 5) is 4.60. The number of nitrogens with zero attached hydrogens (tertiary/aromatic N) is 2. The van der Waals surface area contributed by atoms with Gasteiger partial charge in [-0.25, -0.2) is 4.98 Å². The van der Waals surface area contributed by atoms with Crippen molar-refractivity contribution in [3.8, 4) is 28.8 Å². The van der Waals surface area contributed by atoms with Crippen molar-refractivity contribution in [2.24, 2.45) is 0 Å². The first-order valence-electron chi connectivity index (χ1n) is 7.60. The Morgan fingerprint density at radius 3 is 2.52 bits per heavy atom. The van der Waals surface area contributed by atoms with Crippen LogP contribution in [0.2, 0.25) is 0 Å². The maximum absolute atomic E-state index is 9.54. The third-order valence-corrected chi connectivity index (χ3v) is 4.52. The maximum atomic E-state index is 9.54. The lowest BCUT2D eigenvalue weighted by molar-refractivity contribution is 0.355. The topological polar surface area (TPSA) is 55.1 Å². The van der Waals surface area contributed by atoms with Crippen LogP contribution in [0.1, 0.15) is 10.6 Å². The number of nitriles is 1. The van der Waals surface area contributed by atoms with E-state index < -0.39 is 0 Å². The number of thiazole rings is 1. The SMILES string of the molecule is COc1ccc(C=C(C#N)c2nc(-c3ccccc3)cs2)cc1OC. The molecule has 0 spiro atoms. The molecule has 0 bridgehead atoms. The Morgan fingerprint density at radius 1 is 1.08 bits per heavy atom. The zero-order valence-electron chi connectivity index (χ0n) is 13.9. The van der Waals surface area contributed by atoms with Crippen LogP contribution in [0.4, 0.5) is 0 Å². The number of allylic oxidation sites excluding steroid dienone is 1. The second-order valence-corrected chi connectivity index (χ2v) is 6.05.